The summed E-state index contributed by atoms with van der Waals surface area (Å²) in [6.45, 7) is 7.78. The molecule has 0 aromatic rings. The molecule has 0 aliphatic carbocycles. The maximum absolute atomic E-state index is 11.9. The van der Waals surface area contributed by atoms with Crippen LogP contribution in [0, 0.1) is 0 Å². The molecule has 0 aromatic heterocycles. The Morgan fingerprint density at radius 2 is 1.88 bits per heavy atom. The van der Waals surface area contributed by atoms with Gasteiger partial charge in [0, 0.05) is 32.7 Å². The fraction of sp³-hybridized carbons (Fsp3) is 0.909. The van der Waals surface area contributed by atoms with Gasteiger partial charge in [0.25, 0.3) is 0 Å². The minimum absolute atomic E-state index is 0.0586. The van der Waals surface area contributed by atoms with E-state index in [1.54, 1.807) is 18.7 Å². The molecule has 0 aromatic carbocycles. The largest absolute Gasteiger partial charge is 0.392 e. The third-order valence-corrected chi connectivity index (χ3v) is 3.82. The first kappa shape index (κ1) is 13.8. The maximum atomic E-state index is 11.9. The number of carbonyl (C=O) groups is 1. The summed E-state index contributed by atoms with van der Waals surface area (Å²) in [5.41, 5.74) is 0. The smallest absolute Gasteiger partial charge is 0.235 e. The van der Waals surface area contributed by atoms with E-state index in [0.717, 1.165) is 26.2 Å². The van der Waals surface area contributed by atoms with Crippen molar-refractivity contribution in [3.05, 3.63) is 0 Å². The van der Waals surface area contributed by atoms with Crippen LogP contribution in [-0.2, 0) is 4.79 Å². The molecule has 0 unspecified atom stereocenters. The highest BCUT2D eigenvalue weighted by Crippen LogP contribution is 2.11. The number of thioether (sulfide) groups is 1. The molecule has 1 rings (SSSR count). The molecule has 0 bridgehead atoms. The summed E-state index contributed by atoms with van der Waals surface area (Å²) in [5, 5.41) is 9.34. The lowest BCUT2D eigenvalue weighted by Gasteiger charge is -2.36. The van der Waals surface area contributed by atoms with Gasteiger partial charge in [0.2, 0.25) is 5.91 Å². The van der Waals surface area contributed by atoms with Crippen LogP contribution in [0.3, 0.4) is 0 Å². The van der Waals surface area contributed by atoms with Crippen LogP contribution < -0.4 is 0 Å². The van der Waals surface area contributed by atoms with Crippen LogP contribution >= 0.6 is 11.8 Å². The summed E-state index contributed by atoms with van der Waals surface area (Å²) in [6.07, 6.45) is 1.68. The standard InChI is InChI=1S/C11H22N2O2S/c1-9(14)8-12-4-6-13(7-5-12)11(15)10(2)16-3/h9-10,14H,4-8H2,1-3H3/t9-,10+/m1/s1. The lowest BCUT2D eigenvalue weighted by molar-refractivity contribution is -0.132. The van der Waals surface area contributed by atoms with E-state index >= 15 is 0 Å². The Morgan fingerprint density at radius 3 is 2.31 bits per heavy atom. The average Bonchev–Trinajstić information content (AvgIpc) is 2.27. The van der Waals surface area contributed by atoms with Crippen LogP contribution in [0.1, 0.15) is 13.8 Å². The first-order chi connectivity index (χ1) is 7.54. The fourth-order valence-corrected chi connectivity index (χ4v) is 2.23. The summed E-state index contributed by atoms with van der Waals surface area (Å²) in [5.74, 6) is 0.240. The molecule has 1 aliphatic heterocycles. The van der Waals surface area contributed by atoms with Crippen LogP contribution in [-0.4, -0.2) is 71.1 Å². The number of carbonyl (C=O) groups excluding carboxylic acids is 1. The third kappa shape index (κ3) is 3.96. The van der Waals surface area contributed by atoms with Gasteiger partial charge in [-0.1, -0.05) is 0 Å². The molecule has 0 radical (unpaired) electrons. The van der Waals surface area contributed by atoms with Crippen molar-refractivity contribution >= 4 is 17.7 Å². The Labute approximate surface area is 102 Å². The Bertz CT molecular complexity index is 228. The molecule has 1 aliphatic rings. The lowest BCUT2D eigenvalue weighted by atomic mass is 10.2. The number of aliphatic hydroxyl groups excluding tert-OH is 1. The lowest BCUT2D eigenvalue weighted by Crippen LogP contribution is -2.51. The summed E-state index contributed by atoms with van der Waals surface area (Å²) in [7, 11) is 0. The van der Waals surface area contributed by atoms with Gasteiger partial charge in [0.15, 0.2) is 0 Å². The fourth-order valence-electron chi connectivity index (χ4n) is 1.88. The minimum Gasteiger partial charge on any atom is -0.392 e. The van der Waals surface area contributed by atoms with Gasteiger partial charge in [-0.05, 0) is 20.1 Å². The molecule has 1 heterocycles. The Kier molecular flexibility index (Phi) is 5.58. The van der Waals surface area contributed by atoms with Crippen molar-refractivity contribution in [3.8, 4) is 0 Å². The molecule has 16 heavy (non-hydrogen) atoms. The van der Waals surface area contributed by atoms with Gasteiger partial charge in [-0.25, -0.2) is 0 Å². The predicted octanol–water partition coefficient (Wildman–Crippen LogP) is 0.263. The van der Waals surface area contributed by atoms with Crippen molar-refractivity contribution < 1.29 is 9.90 Å². The quantitative estimate of drug-likeness (QED) is 0.773. The zero-order valence-corrected chi connectivity index (χ0v) is 11.2. The number of hydrogen-bond acceptors (Lipinski definition) is 4. The highest BCUT2D eigenvalue weighted by atomic mass is 32.2. The predicted molar refractivity (Wildman–Crippen MR) is 67.7 cm³/mol. The van der Waals surface area contributed by atoms with Crippen molar-refractivity contribution in [2.75, 3.05) is 39.0 Å². The van der Waals surface area contributed by atoms with Crippen molar-refractivity contribution in [2.45, 2.75) is 25.2 Å². The normalized spacial score (nSPS) is 21.9. The van der Waals surface area contributed by atoms with Crippen LogP contribution in [0.15, 0.2) is 0 Å². The zero-order valence-electron chi connectivity index (χ0n) is 10.3. The van der Waals surface area contributed by atoms with Gasteiger partial charge in [-0.15, -0.1) is 0 Å². The van der Waals surface area contributed by atoms with Crippen LogP contribution in [0.2, 0.25) is 0 Å². The number of β-amino-alcohol motifs (C(OH)–C–C–N with tert-alkyl or cyclic N) is 1. The first-order valence-electron chi connectivity index (χ1n) is 5.76. The van der Waals surface area contributed by atoms with Crippen molar-refractivity contribution in [1.29, 1.82) is 0 Å². The maximum Gasteiger partial charge on any atom is 0.235 e. The van der Waals surface area contributed by atoms with Gasteiger partial charge in [-0.3, -0.25) is 9.69 Å². The molecule has 1 N–H and O–H groups in total. The Balaban J connectivity index is 2.34. The van der Waals surface area contributed by atoms with E-state index in [0.29, 0.717) is 6.54 Å². The van der Waals surface area contributed by atoms with Crippen molar-refractivity contribution in [3.63, 3.8) is 0 Å². The molecular weight excluding hydrogens is 224 g/mol. The van der Waals surface area contributed by atoms with Crippen LogP contribution in [0.5, 0.6) is 0 Å². The number of amides is 1. The molecular formula is C11H22N2O2S. The molecule has 1 fully saturated rings. The average molecular weight is 246 g/mol. The Morgan fingerprint density at radius 1 is 1.31 bits per heavy atom. The molecule has 4 nitrogen and oxygen atoms in total. The van der Waals surface area contributed by atoms with Crippen LogP contribution in [0.4, 0.5) is 0 Å². The number of piperazine rings is 1. The molecule has 5 heteroatoms. The van der Waals surface area contributed by atoms with Gasteiger partial charge in [-0.2, -0.15) is 11.8 Å². The second-order valence-electron chi connectivity index (χ2n) is 4.35. The van der Waals surface area contributed by atoms with E-state index in [4.69, 9.17) is 0 Å². The van der Waals surface area contributed by atoms with Gasteiger partial charge in [0.1, 0.15) is 0 Å². The minimum atomic E-state index is -0.285. The zero-order chi connectivity index (χ0) is 12.1. The summed E-state index contributed by atoms with van der Waals surface area (Å²) < 4.78 is 0. The topological polar surface area (TPSA) is 43.8 Å². The third-order valence-electron chi connectivity index (χ3n) is 2.91. The second kappa shape index (κ2) is 6.47. The highest BCUT2D eigenvalue weighted by molar-refractivity contribution is 7.99. The van der Waals surface area contributed by atoms with Gasteiger partial charge in [0.05, 0.1) is 11.4 Å². The van der Waals surface area contributed by atoms with E-state index in [9.17, 15) is 9.90 Å². The molecule has 1 saturated heterocycles. The highest BCUT2D eigenvalue weighted by Gasteiger charge is 2.24. The number of nitrogens with zero attached hydrogens (tertiary/aromatic N) is 2. The summed E-state index contributed by atoms with van der Waals surface area (Å²) >= 11 is 1.59. The molecule has 94 valence electrons. The second-order valence-corrected chi connectivity index (χ2v) is 5.53. The molecule has 2 atom stereocenters. The van der Waals surface area contributed by atoms with Gasteiger partial charge < -0.3 is 10.0 Å². The summed E-state index contributed by atoms with van der Waals surface area (Å²) in [6, 6.07) is 0. The molecule has 1 amide bonds. The van der Waals surface area contributed by atoms with Crippen molar-refractivity contribution in [1.82, 2.24) is 9.80 Å². The first-order valence-corrected chi connectivity index (χ1v) is 7.05. The van der Waals surface area contributed by atoms with E-state index < -0.39 is 0 Å². The van der Waals surface area contributed by atoms with E-state index in [-0.39, 0.29) is 17.3 Å². The Hall–Kier alpha value is -0.260. The van der Waals surface area contributed by atoms with Crippen molar-refractivity contribution in [2.24, 2.45) is 0 Å². The number of rotatable bonds is 4. The van der Waals surface area contributed by atoms with E-state index in [2.05, 4.69) is 4.90 Å². The van der Waals surface area contributed by atoms with Crippen LogP contribution in [0.25, 0.3) is 0 Å². The molecule has 0 spiro atoms. The van der Waals surface area contributed by atoms with E-state index in [1.807, 2.05) is 18.1 Å². The summed E-state index contributed by atoms with van der Waals surface area (Å²) in [4.78, 5) is 16.0. The van der Waals surface area contributed by atoms with Gasteiger partial charge >= 0.3 is 0 Å². The molecule has 0 saturated carbocycles. The monoisotopic (exact) mass is 246 g/mol. The number of hydrogen-bond donors (Lipinski definition) is 1. The number of aliphatic hydroxyl groups is 1. The SMILES string of the molecule is CS[C@@H](C)C(=O)N1CCN(C[C@@H](C)O)CC1. The van der Waals surface area contributed by atoms with E-state index in [1.165, 1.54) is 0 Å².